The van der Waals surface area contributed by atoms with Crippen molar-refractivity contribution in [2.45, 2.75) is 46.5 Å². The van der Waals surface area contributed by atoms with Crippen molar-refractivity contribution >= 4 is 0 Å². The van der Waals surface area contributed by atoms with E-state index in [0.717, 1.165) is 22.6 Å². The van der Waals surface area contributed by atoms with E-state index in [1.807, 2.05) is 54.1 Å². The average Bonchev–Trinajstić information content (AvgIpc) is 3.64. The van der Waals surface area contributed by atoms with E-state index in [2.05, 4.69) is 64.1 Å². The summed E-state index contributed by atoms with van der Waals surface area (Å²) in [6.07, 6.45) is 1.62. The number of aromatic hydroxyl groups is 1. The monoisotopic (exact) mass is 554 g/mol. The molecule has 0 fully saturated rings. The molecule has 210 valence electrons. The number of para-hydroxylation sites is 2. The van der Waals surface area contributed by atoms with Crippen LogP contribution in [-0.2, 0) is 0 Å². The fourth-order valence-electron chi connectivity index (χ4n) is 5.39. The number of rotatable bonds is 7. The number of hydrogen-bond donors (Lipinski definition) is 1. The van der Waals surface area contributed by atoms with Crippen molar-refractivity contribution in [3.05, 3.63) is 114 Å². The zero-order valence-electron chi connectivity index (χ0n) is 24.5. The second kappa shape index (κ2) is 11.1. The molecule has 6 aromatic rings. The van der Waals surface area contributed by atoms with Gasteiger partial charge in [0.2, 0.25) is 0 Å². The highest BCUT2D eigenvalue weighted by Crippen LogP contribution is 2.37. The lowest BCUT2D eigenvalue weighted by atomic mass is 9.88. The first-order valence-electron chi connectivity index (χ1n) is 14.3. The van der Waals surface area contributed by atoms with E-state index in [0.29, 0.717) is 17.3 Å². The quantitative estimate of drug-likeness (QED) is 0.216. The van der Waals surface area contributed by atoms with Crippen LogP contribution < -0.4 is 0 Å². The van der Waals surface area contributed by atoms with Crippen LogP contribution in [0.1, 0.15) is 56.5 Å². The van der Waals surface area contributed by atoms with Crippen LogP contribution in [-0.4, -0.2) is 34.6 Å². The smallest absolute Gasteiger partial charge is 0.181 e. The van der Waals surface area contributed by atoms with E-state index < -0.39 is 0 Å². The number of aromatic nitrogens is 6. The minimum absolute atomic E-state index is 0.152. The third-order valence-electron chi connectivity index (χ3n) is 7.54. The van der Waals surface area contributed by atoms with Crippen LogP contribution in [0, 0.1) is 6.92 Å². The number of nitrogens with zero attached hydrogens (tertiary/aromatic N) is 6. The molecule has 2 heterocycles. The van der Waals surface area contributed by atoms with Gasteiger partial charge in [0.1, 0.15) is 23.6 Å². The summed E-state index contributed by atoms with van der Waals surface area (Å²) in [4.78, 5) is 9.45. The molecule has 0 saturated carbocycles. The maximum atomic E-state index is 10.4. The van der Waals surface area contributed by atoms with Gasteiger partial charge < -0.3 is 5.11 Å². The molecule has 0 radical (unpaired) electrons. The van der Waals surface area contributed by atoms with E-state index in [4.69, 9.17) is 20.2 Å². The molecule has 0 amide bonds. The highest BCUT2D eigenvalue weighted by molar-refractivity contribution is 5.72. The van der Waals surface area contributed by atoms with Crippen LogP contribution in [0.25, 0.3) is 45.3 Å². The molecule has 2 aromatic heterocycles. The molecule has 0 unspecified atom stereocenters. The zero-order valence-corrected chi connectivity index (χ0v) is 24.5. The molecule has 0 aliphatic carbocycles. The fourth-order valence-corrected chi connectivity index (χ4v) is 5.39. The molecule has 0 saturated heterocycles. The topological polar surface area (TPSA) is 81.7 Å². The molecule has 7 heteroatoms. The molecule has 0 bridgehead atoms. The van der Waals surface area contributed by atoms with Crippen molar-refractivity contribution in [2.24, 2.45) is 0 Å². The van der Waals surface area contributed by atoms with Crippen molar-refractivity contribution in [1.82, 2.24) is 29.5 Å². The third-order valence-corrected chi connectivity index (χ3v) is 7.54. The Morgan fingerprint density at radius 3 is 2.00 bits per heavy atom. The largest absolute Gasteiger partial charge is 0.506 e. The second-order valence-corrected chi connectivity index (χ2v) is 11.1. The van der Waals surface area contributed by atoms with Crippen LogP contribution in [0.3, 0.4) is 0 Å². The third kappa shape index (κ3) is 4.98. The normalized spacial score (nSPS) is 11.5. The second-order valence-electron chi connectivity index (χ2n) is 11.1. The molecule has 0 aliphatic rings. The van der Waals surface area contributed by atoms with Gasteiger partial charge in [0.05, 0.1) is 5.69 Å². The number of phenolic OH excluding ortho intramolecular Hbond substituents is 1. The number of aryl methyl sites for hydroxylation is 1. The first-order chi connectivity index (χ1) is 20.3. The SMILES string of the molecule is Cc1nc(-c2cccc(-c3ncnn3-c3c(C(C)C)cc(-c4ccccc4)cc3C(C)C)c2)nn1-c1ccccc1O. The van der Waals surface area contributed by atoms with Crippen molar-refractivity contribution in [3.8, 4) is 51.0 Å². The first-order valence-corrected chi connectivity index (χ1v) is 14.3. The molecule has 4 aromatic carbocycles. The van der Waals surface area contributed by atoms with Crippen LogP contribution >= 0.6 is 0 Å². The predicted octanol–water partition coefficient (Wildman–Crippen LogP) is 8.11. The fraction of sp³-hybridized carbons (Fsp3) is 0.200. The zero-order chi connectivity index (χ0) is 29.4. The van der Waals surface area contributed by atoms with Gasteiger partial charge in [-0.1, -0.05) is 88.4 Å². The van der Waals surface area contributed by atoms with Gasteiger partial charge in [0, 0.05) is 11.1 Å². The Hall–Kier alpha value is -5.04. The lowest BCUT2D eigenvalue weighted by Crippen LogP contribution is -2.10. The van der Waals surface area contributed by atoms with Crippen molar-refractivity contribution in [1.29, 1.82) is 0 Å². The lowest BCUT2D eigenvalue weighted by molar-refractivity contribution is 0.470. The van der Waals surface area contributed by atoms with E-state index in [1.54, 1.807) is 23.1 Å². The summed E-state index contributed by atoms with van der Waals surface area (Å²) >= 11 is 0. The van der Waals surface area contributed by atoms with Gasteiger partial charge in [0.15, 0.2) is 11.6 Å². The van der Waals surface area contributed by atoms with Gasteiger partial charge in [-0.15, -0.1) is 5.10 Å². The van der Waals surface area contributed by atoms with Gasteiger partial charge in [-0.05, 0) is 71.3 Å². The minimum atomic E-state index is 0.152. The van der Waals surface area contributed by atoms with Gasteiger partial charge in [0.25, 0.3) is 0 Å². The summed E-state index contributed by atoms with van der Waals surface area (Å²) in [6, 6.07) is 30.3. The summed E-state index contributed by atoms with van der Waals surface area (Å²) in [5.74, 6) is 2.71. The molecule has 1 N–H and O–H groups in total. The number of phenols is 1. The van der Waals surface area contributed by atoms with Gasteiger partial charge >= 0.3 is 0 Å². The molecular formula is C35H34N6O. The number of benzene rings is 4. The molecule has 0 aliphatic heterocycles. The lowest BCUT2D eigenvalue weighted by Gasteiger charge is -2.22. The van der Waals surface area contributed by atoms with Crippen molar-refractivity contribution in [2.75, 3.05) is 0 Å². The standard InChI is InChI=1S/C35H34N6O/c1-22(2)29-19-28(25-12-7-6-8-13-25)20-30(23(3)4)33(29)41-35(36-21-37-41)27-15-11-14-26(18-27)34-38-24(5)40(39-34)31-16-9-10-17-32(31)42/h6-23,42H,1-5H3. The predicted molar refractivity (Wildman–Crippen MR) is 167 cm³/mol. The first kappa shape index (κ1) is 27.1. The van der Waals surface area contributed by atoms with E-state index >= 15 is 0 Å². The van der Waals surface area contributed by atoms with Gasteiger partial charge in [-0.2, -0.15) is 5.10 Å². The summed E-state index contributed by atoms with van der Waals surface area (Å²) in [5, 5.41) is 19.9. The summed E-state index contributed by atoms with van der Waals surface area (Å²) < 4.78 is 3.65. The average molecular weight is 555 g/mol. The Balaban J connectivity index is 1.46. The molecule has 7 nitrogen and oxygen atoms in total. The van der Waals surface area contributed by atoms with Crippen molar-refractivity contribution in [3.63, 3.8) is 0 Å². The highest BCUT2D eigenvalue weighted by Gasteiger charge is 2.22. The van der Waals surface area contributed by atoms with E-state index in [-0.39, 0.29) is 17.6 Å². The Kier molecular flexibility index (Phi) is 7.17. The Morgan fingerprint density at radius 2 is 1.31 bits per heavy atom. The maximum Gasteiger partial charge on any atom is 0.181 e. The van der Waals surface area contributed by atoms with E-state index in [9.17, 15) is 5.11 Å². The molecule has 42 heavy (non-hydrogen) atoms. The highest BCUT2D eigenvalue weighted by atomic mass is 16.3. The molecular weight excluding hydrogens is 520 g/mol. The Morgan fingerprint density at radius 1 is 0.667 bits per heavy atom. The Bertz CT molecular complexity index is 1840. The minimum Gasteiger partial charge on any atom is -0.506 e. The van der Waals surface area contributed by atoms with Gasteiger partial charge in [-0.25, -0.2) is 19.3 Å². The Labute approximate surface area is 246 Å². The number of hydrogen-bond acceptors (Lipinski definition) is 5. The van der Waals surface area contributed by atoms with E-state index in [1.165, 1.54) is 22.3 Å². The van der Waals surface area contributed by atoms with Crippen LogP contribution in [0.4, 0.5) is 0 Å². The molecule has 6 rings (SSSR count). The van der Waals surface area contributed by atoms with Crippen molar-refractivity contribution < 1.29 is 5.11 Å². The maximum absolute atomic E-state index is 10.4. The molecule has 0 atom stereocenters. The van der Waals surface area contributed by atoms with Crippen LogP contribution in [0.5, 0.6) is 5.75 Å². The molecule has 0 spiro atoms. The van der Waals surface area contributed by atoms with Crippen LogP contribution in [0.2, 0.25) is 0 Å². The summed E-state index contributed by atoms with van der Waals surface area (Å²) in [6.45, 7) is 10.8. The van der Waals surface area contributed by atoms with Gasteiger partial charge in [-0.3, -0.25) is 0 Å². The van der Waals surface area contributed by atoms with Crippen LogP contribution in [0.15, 0.2) is 97.3 Å². The summed E-state index contributed by atoms with van der Waals surface area (Å²) in [5.41, 5.74) is 8.29. The summed E-state index contributed by atoms with van der Waals surface area (Å²) in [7, 11) is 0.